The molecule has 0 heterocycles. The van der Waals surface area contributed by atoms with Crippen LogP contribution >= 0.6 is 0 Å². The van der Waals surface area contributed by atoms with Crippen LogP contribution in [0.4, 0.5) is 4.39 Å². The number of halogens is 1. The zero-order valence-electron chi connectivity index (χ0n) is 18.4. The van der Waals surface area contributed by atoms with Crippen molar-refractivity contribution in [2.24, 2.45) is 0 Å². The molecular weight excluding hydrogens is 403 g/mol. The predicted octanol–water partition coefficient (Wildman–Crippen LogP) is 4.45. The summed E-state index contributed by atoms with van der Waals surface area (Å²) in [6.45, 7) is 6.56. The minimum absolute atomic E-state index is 0.0130. The van der Waals surface area contributed by atoms with E-state index in [9.17, 15) is 12.8 Å². The quantitative estimate of drug-likeness (QED) is 0.336. The van der Waals surface area contributed by atoms with Crippen molar-refractivity contribution in [2.75, 3.05) is 33.8 Å². The monoisotopic (exact) mass is 440 g/mol. The molecule has 0 bridgehead atoms. The Labute approximate surface area is 181 Å². The first-order valence-corrected chi connectivity index (χ1v) is 12.4. The van der Waals surface area contributed by atoms with Crippen LogP contribution in [-0.2, 0) is 14.8 Å². The largest absolute Gasteiger partial charge is 0.378 e. The fourth-order valence-electron chi connectivity index (χ4n) is 3.96. The standard InChI is InChI=1S/C23H37FN2O3S/c1-4-16-25(2)17-7-5-6-8-18-29-22-14-12-21(13-15-22)26(3)30(27,28)23-11-9-10-20(24)19-23/h4,9-11,19,21-22H,1,5-8,12-18H2,2-3H3. The summed E-state index contributed by atoms with van der Waals surface area (Å²) < 4.78 is 46.4. The average Bonchev–Trinajstić information content (AvgIpc) is 2.73. The molecule has 0 amide bonds. The molecule has 7 heteroatoms. The SMILES string of the molecule is C=CCN(C)CCCCCCOC1CCC(N(C)S(=O)(=O)c2cccc(F)c2)CC1. The fraction of sp³-hybridized carbons (Fsp3) is 0.652. The first-order valence-electron chi connectivity index (χ1n) is 11.0. The van der Waals surface area contributed by atoms with Crippen LogP contribution in [0.1, 0.15) is 51.4 Å². The van der Waals surface area contributed by atoms with E-state index in [0.717, 1.165) is 57.9 Å². The normalized spacial score (nSPS) is 20.0. The average molecular weight is 441 g/mol. The summed E-state index contributed by atoms with van der Waals surface area (Å²) in [5, 5.41) is 0. The minimum atomic E-state index is -3.67. The maximum Gasteiger partial charge on any atom is 0.243 e. The van der Waals surface area contributed by atoms with Crippen molar-refractivity contribution in [1.29, 1.82) is 0 Å². The van der Waals surface area contributed by atoms with E-state index >= 15 is 0 Å². The topological polar surface area (TPSA) is 49.9 Å². The van der Waals surface area contributed by atoms with Gasteiger partial charge in [-0.2, -0.15) is 4.31 Å². The molecule has 0 unspecified atom stereocenters. The zero-order chi connectivity index (χ0) is 22.0. The Bertz CT molecular complexity index is 749. The Morgan fingerprint density at radius 3 is 2.50 bits per heavy atom. The van der Waals surface area contributed by atoms with Gasteiger partial charge in [0.05, 0.1) is 11.0 Å². The molecule has 0 N–H and O–H groups in total. The summed E-state index contributed by atoms with van der Waals surface area (Å²) >= 11 is 0. The molecule has 1 aliphatic carbocycles. The van der Waals surface area contributed by atoms with Crippen molar-refractivity contribution in [3.8, 4) is 0 Å². The van der Waals surface area contributed by atoms with Gasteiger partial charge in [0.25, 0.3) is 0 Å². The Morgan fingerprint density at radius 2 is 1.83 bits per heavy atom. The molecule has 2 rings (SSSR count). The maximum atomic E-state index is 13.4. The highest BCUT2D eigenvalue weighted by Gasteiger charge is 2.31. The van der Waals surface area contributed by atoms with Gasteiger partial charge in [-0.05, 0) is 70.3 Å². The van der Waals surface area contributed by atoms with Gasteiger partial charge < -0.3 is 9.64 Å². The number of hydrogen-bond donors (Lipinski definition) is 0. The lowest BCUT2D eigenvalue weighted by Crippen LogP contribution is -2.40. The van der Waals surface area contributed by atoms with Crippen molar-refractivity contribution >= 4 is 10.0 Å². The molecule has 1 fully saturated rings. The molecule has 1 saturated carbocycles. The van der Waals surface area contributed by atoms with Gasteiger partial charge in [-0.1, -0.05) is 25.0 Å². The molecule has 0 aromatic heterocycles. The van der Waals surface area contributed by atoms with Gasteiger partial charge in [0.2, 0.25) is 10.0 Å². The van der Waals surface area contributed by atoms with Gasteiger partial charge in [0, 0.05) is 26.2 Å². The van der Waals surface area contributed by atoms with E-state index in [-0.39, 0.29) is 17.0 Å². The van der Waals surface area contributed by atoms with Crippen molar-refractivity contribution < 1.29 is 17.5 Å². The van der Waals surface area contributed by atoms with E-state index in [1.807, 2.05) is 6.08 Å². The number of unbranched alkanes of at least 4 members (excludes halogenated alkanes) is 3. The number of sulfonamides is 1. The summed E-state index contributed by atoms with van der Waals surface area (Å²) in [6.07, 6.45) is 10.0. The lowest BCUT2D eigenvalue weighted by Gasteiger charge is -2.34. The first kappa shape index (κ1) is 25.0. The molecule has 170 valence electrons. The zero-order valence-corrected chi connectivity index (χ0v) is 19.2. The Morgan fingerprint density at radius 1 is 1.13 bits per heavy atom. The Balaban J connectivity index is 1.64. The van der Waals surface area contributed by atoms with Crippen LogP contribution in [0.25, 0.3) is 0 Å². The smallest absolute Gasteiger partial charge is 0.243 e. The van der Waals surface area contributed by atoms with Crippen LogP contribution in [-0.4, -0.2) is 63.6 Å². The Kier molecular flexibility index (Phi) is 10.4. The van der Waals surface area contributed by atoms with E-state index < -0.39 is 15.8 Å². The molecule has 0 saturated heterocycles. The molecular formula is C23H37FN2O3S. The number of hydrogen-bond acceptors (Lipinski definition) is 4. The van der Waals surface area contributed by atoms with Gasteiger partial charge in [-0.15, -0.1) is 6.58 Å². The van der Waals surface area contributed by atoms with E-state index in [1.54, 1.807) is 7.05 Å². The molecule has 1 aromatic carbocycles. The van der Waals surface area contributed by atoms with Gasteiger partial charge >= 0.3 is 0 Å². The highest BCUT2D eigenvalue weighted by Crippen LogP contribution is 2.28. The van der Waals surface area contributed by atoms with Crippen molar-refractivity contribution in [2.45, 2.75) is 68.4 Å². The second-order valence-electron chi connectivity index (χ2n) is 8.25. The summed E-state index contributed by atoms with van der Waals surface area (Å²) in [7, 11) is 0.0341. The fourth-order valence-corrected chi connectivity index (χ4v) is 5.41. The maximum absolute atomic E-state index is 13.4. The third-order valence-corrected chi connectivity index (χ3v) is 7.77. The lowest BCUT2D eigenvalue weighted by molar-refractivity contribution is 0.0156. The van der Waals surface area contributed by atoms with Gasteiger partial charge in [0.15, 0.2) is 0 Å². The molecule has 1 aromatic rings. The van der Waals surface area contributed by atoms with Crippen LogP contribution in [0, 0.1) is 5.82 Å². The number of rotatable bonds is 13. The van der Waals surface area contributed by atoms with Gasteiger partial charge in [-0.25, -0.2) is 12.8 Å². The first-order chi connectivity index (χ1) is 14.3. The number of ether oxygens (including phenoxy) is 1. The van der Waals surface area contributed by atoms with E-state index in [0.29, 0.717) is 0 Å². The molecule has 30 heavy (non-hydrogen) atoms. The highest BCUT2D eigenvalue weighted by molar-refractivity contribution is 7.89. The third-order valence-electron chi connectivity index (χ3n) is 5.86. The number of benzene rings is 1. The van der Waals surface area contributed by atoms with Crippen LogP contribution < -0.4 is 0 Å². The second kappa shape index (κ2) is 12.5. The van der Waals surface area contributed by atoms with Crippen LogP contribution in [0.5, 0.6) is 0 Å². The van der Waals surface area contributed by atoms with E-state index in [4.69, 9.17) is 4.74 Å². The molecule has 0 aliphatic heterocycles. The molecule has 0 radical (unpaired) electrons. The highest BCUT2D eigenvalue weighted by atomic mass is 32.2. The molecule has 0 atom stereocenters. The second-order valence-corrected chi connectivity index (χ2v) is 10.2. The van der Waals surface area contributed by atoms with Gasteiger partial charge in [-0.3, -0.25) is 0 Å². The molecule has 0 spiro atoms. The number of nitrogens with zero attached hydrogens (tertiary/aromatic N) is 2. The van der Waals surface area contributed by atoms with Crippen molar-refractivity contribution in [3.63, 3.8) is 0 Å². The minimum Gasteiger partial charge on any atom is -0.378 e. The molecule has 1 aliphatic rings. The third kappa shape index (κ3) is 7.76. The summed E-state index contributed by atoms with van der Waals surface area (Å²) in [5.74, 6) is -0.537. The predicted molar refractivity (Wildman–Crippen MR) is 120 cm³/mol. The van der Waals surface area contributed by atoms with Crippen LogP contribution in [0.3, 0.4) is 0 Å². The van der Waals surface area contributed by atoms with E-state index in [1.165, 1.54) is 41.8 Å². The summed E-state index contributed by atoms with van der Waals surface area (Å²) in [5.41, 5.74) is 0. The van der Waals surface area contributed by atoms with E-state index in [2.05, 4.69) is 18.5 Å². The van der Waals surface area contributed by atoms with Crippen molar-refractivity contribution in [3.05, 3.63) is 42.7 Å². The lowest BCUT2D eigenvalue weighted by atomic mass is 9.93. The van der Waals surface area contributed by atoms with Crippen LogP contribution in [0.2, 0.25) is 0 Å². The number of likely N-dealkylation sites (N-methyl/N-ethyl adjacent to an activating group) is 1. The Hall–Kier alpha value is -1.28. The summed E-state index contributed by atoms with van der Waals surface area (Å²) in [6, 6.07) is 5.15. The molecule has 5 nitrogen and oxygen atoms in total. The van der Waals surface area contributed by atoms with Crippen LogP contribution in [0.15, 0.2) is 41.8 Å². The van der Waals surface area contributed by atoms with Crippen molar-refractivity contribution in [1.82, 2.24) is 9.21 Å². The summed E-state index contributed by atoms with van der Waals surface area (Å²) in [4.78, 5) is 2.28. The van der Waals surface area contributed by atoms with Gasteiger partial charge in [0.1, 0.15) is 5.82 Å².